The first-order valence-corrected chi connectivity index (χ1v) is 11.5. The zero-order chi connectivity index (χ0) is 19.2. The summed E-state index contributed by atoms with van der Waals surface area (Å²) in [7, 11) is 0. The van der Waals surface area contributed by atoms with E-state index in [-0.39, 0.29) is 17.8 Å². The molecule has 0 N–H and O–H groups in total. The number of anilines is 1. The SMILES string of the molecule is CCCCN1CCN(c2ccccc2C2(c3ccccc3)CCCCC2)CC1.Cl. The van der Waals surface area contributed by atoms with Crippen molar-refractivity contribution in [2.45, 2.75) is 57.3 Å². The van der Waals surface area contributed by atoms with Gasteiger partial charge in [0.2, 0.25) is 0 Å². The standard InChI is InChI=1S/C26H36N2.ClH/c1-2-3-18-27-19-21-28(22-20-27)25-15-9-8-14-24(25)26(16-10-5-11-17-26)23-12-6-4-7-13-23;/h4,6-9,12-15H,2-3,5,10-11,16-22H2,1H3;1H. The van der Waals surface area contributed by atoms with Crippen LogP contribution in [-0.2, 0) is 5.41 Å². The van der Waals surface area contributed by atoms with Crippen LogP contribution in [0.1, 0.15) is 63.0 Å². The Balaban J connectivity index is 0.00000240. The highest BCUT2D eigenvalue weighted by Gasteiger charge is 2.38. The molecule has 1 heterocycles. The summed E-state index contributed by atoms with van der Waals surface area (Å²) in [5.41, 5.74) is 4.77. The van der Waals surface area contributed by atoms with Crippen molar-refractivity contribution >= 4 is 18.1 Å². The highest BCUT2D eigenvalue weighted by atomic mass is 35.5. The number of hydrogen-bond donors (Lipinski definition) is 0. The molecule has 2 nitrogen and oxygen atoms in total. The van der Waals surface area contributed by atoms with Crippen LogP contribution in [0, 0.1) is 0 Å². The van der Waals surface area contributed by atoms with E-state index in [1.54, 1.807) is 5.56 Å². The molecular weight excluding hydrogens is 376 g/mol. The number of rotatable bonds is 6. The Kier molecular flexibility index (Phi) is 8.03. The third kappa shape index (κ3) is 4.81. The van der Waals surface area contributed by atoms with Crippen molar-refractivity contribution < 1.29 is 0 Å². The molecule has 0 bridgehead atoms. The number of halogens is 1. The lowest BCUT2D eigenvalue weighted by Gasteiger charge is -2.43. The highest BCUT2D eigenvalue weighted by molar-refractivity contribution is 5.85. The predicted molar refractivity (Wildman–Crippen MR) is 128 cm³/mol. The summed E-state index contributed by atoms with van der Waals surface area (Å²) in [5.74, 6) is 0. The van der Waals surface area contributed by atoms with Crippen LogP contribution in [-0.4, -0.2) is 37.6 Å². The molecule has 158 valence electrons. The molecule has 2 aromatic rings. The van der Waals surface area contributed by atoms with Gasteiger partial charge >= 0.3 is 0 Å². The van der Waals surface area contributed by atoms with Crippen molar-refractivity contribution in [2.24, 2.45) is 0 Å². The maximum Gasteiger partial charge on any atom is 0.0408 e. The van der Waals surface area contributed by atoms with Gasteiger partial charge in [-0.25, -0.2) is 0 Å². The van der Waals surface area contributed by atoms with Gasteiger partial charge < -0.3 is 4.90 Å². The second-order valence-electron chi connectivity index (χ2n) is 8.71. The van der Waals surface area contributed by atoms with Crippen molar-refractivity contribution in [1.29, 1.82) is 0 Å². The molecule has 4 rings (SSSR count). The molecule has 0 spiro atoms. The van der Waals surface area contributed by atoms with E-state index in [0.29, 0.717) is 0 Å². The quantitative estimate of drug-likeness (QED) is 0.550. The summed E-state index contributed by atoms with van der Waals surface area (Å²) in [6.07, 6.45) is 9.25. The minimum atomic E-state index is 0. The van der Waals surface area contributed by atoms with Crippen LogP contribution in [0.4, 0.5) is 5.69 Å². The number of unbranched alkanes of at least 4 members (excludes halogenated alkanes) is 1. The molecule has 3 heteroatoms. The van der Waals surface area contributed by atoms with Gasteiger partial charge in [-0.1, -0.05) is 81.1 Å². The normalized spacial score (nSPS) is 19.6. The van der Waals surface area contributed by atoms with Crippen LogP contribution in [0.25, 0.3) is 0 Å². The molecule has 29 heavy (non-hydrogen) atoms. The summed E-state index contributed by atoms with van der Waals surface area (Å²) in [6, 6.07) is 20.6. The van der Waals surface area contributed by atoms with Gasteiger partial charge in [-0.05, 0) is 43.0 Å². The monoisotopic (exact) mass is 412 g/mol. The van der Waals surface area contributed by atoms with Gasteiger partial charge in [0.05, 0.1) is 0 Å². The zero-order valence-corrected chi connectivity index (χ0v) is 18.8. The lowest BCUT2D eigenvalue weighted by atomic mass is 9.65. The Morgan fingerprint density at radius 2 is 1.45 bits per heavy atom. The molecule has 2 aromatic carbocycles. The molecule has 2 fully saturated rings. The number of hydrogen-bond acceptors (Lipinski definition) is 2. The molecule has 1 saturated heterocycles. The lowest BCUT2D eigenvalue weighted by molar-refractivity contribution is 0.253. The predicted octanol–water partition coefficient (Wildman–Crippen LogP) is 6.28. The summed E-state index contributed by atoms with van der Waals surface area (Å²) in [6.45, 7) is 8.27. The maximum atomic E-state index is 2.66. The maximum absolute atomic E-state index is 2.66. The van der Waals surface area contributed by atoms with Gasteiger partial charge in [-0.2, -0.15) is 0 Å². The van der Waals surface area contributed by atoms with Crippen LogP contribution < -0.4 is 4.90 Å². The summed E-state index contributed by atoms with van der Waals surface area (Å²) < 4.78 is 0. The smallest absolute Gasteiger partial charge is 0.0408 e. The van der Waals surface area contributed by atoms with Gasteiger partial charge in [0, 0.05) is 37.3 Å². The first-order valence-electron chi connectivity index (χ1n) is 11.5. The van der Waals surface area contributed by atoms with Crippen LogP contribution in [0.3, 0.4) is 0 Å². The van der Waals surface area contributed by atoms with E-state index in [0.717, 1.165) is 13.1 Å². The fraction of sp³-hybridized carbons (Fsp3) is 0.538. The lowest BCUT2D eigenvalue weighted by Crippen LogP contribution is -2.47. The Bertz CT molecular complexity index is 731. The first kappa shape index (κ1) is 22.2. The van der Waals surface area contributed by atoms with Crippen LogP contribution in [0.15, 0.2) is 54.6 Å². The topological polar surface area (TPSA) is 6.48 Å². The van der Waals surface area contributed by atoms with Crippen molar-refractivity contribution in [2.75, 3.05) is 37.6 Å². The second-order valence-corrected chi connectivity index (χ2v) is 8.71. The van der Waals surface area contributed by atoms with E-state index in [1.165, 1.54) is 75.8 Å². The van der Waals surface area contributed by atoms with Crippen LogP contribution in [0.2, 0.25) is 0 Å². The number of nitrogens with zero attached hydrogens (tertiary/aromatic N) is 2. The van der Waals surface area contributed by atoms with E-state index < -0.39 is 0 Å². The van der Waals surface area contributed by atoms with Crippen LogP contribution in [0.5, 0.6) is 0 Å². The largest absolute Gasteiger partial charge is 0.369 e. The molecule has 1 aliphatic heterocycles. The van der Waals surface area contributed by atoms with E-state index >= 15 is 0 Å². The molecule has 1 saturated carbocycles. The Hall–Kier alpha value is -1.51. The van der Waals surface area contributed by atoms with Crippen molar-refractivity contribution in [3.63, 3.8) is 0 Å². The average Bonchev–Trinajstić information content (AvgIpc) is 2.79. The Labute approximate surface area is 183 Å². The van der Waals surface area contributed by atoms with Crippen molar-refractivity contribution in [1.82, 2.24) is 4.90 Å². The molecule has 1 aliphatic carbocycles. The minimum absolute atomic E-state index is 0. The van der Waals surface area contributed by atoms with Gasteiger partial charge in [0.25, 0.3) is 0 Å². The van der Waals surface area contributed by atoms with Crippen molar-refractivity contribution in [3.8, 4) is 0 Å². The molecule has 0 radical (unpaired) electrons. The zero-order valence-electron chi connectivity index (χ0n) is 18.0. The molecule has 0 amide bonds. The number of piperazine rings is 1. The van der Waals surface area contributed by atoms with Gasteiger partial charge in [-0.15, -0.1) is 12.4 Å². The fourth-order valence-corrected chi connectivity index (χ4v) is 5.37. The fourth-order valence-electron chi connectivity index (χ4n) is 5.37. The third-order valence-electron chi connectivity index (χ3n) is 6.99. The highest BCUT2D eigenvalue weighted by Crippen LogP contribution is 2.48. The second kappa shape index (κ2) is 10.5. The van der Waals surface area contributed by atoms with E-state index in [9.17, 15) is 0 Å². The van der Waals surface area contributed by atoms with Crippen molar-refractivity contribution in [3.05, 3.63) is 65.7 Å². The number of para-hydroxylation sites is 1. The van der Waals surface area contributed by atoms with E-state index in [1.807, 2.05) is 0 Å². The summed E-state index contributed by atoms with van der Waals surface area (Å²) >= 11 is 0. The van der Waals surface area contributed by atoms with Gasteiger partial charge in [0.15, 0.2) is 0 Å². The third-order valence-corrected chi connectivity index (χ3v) is 6.99. The summed E-state index contributed by atoms with van der Waals surface area (Å²) in [5, 5.41) is 0. The molecule has 0 atom stereocenters. The van der Waals surface area contributed by atoms with E-state index in [2.05, 4.69) is 71.3 Å². The number of benzene rings is 2. The summed E-state index contributed by atoms with van der Waals surface area (Å²) in [4.78, 5) is 5.31. The van der Waals surface area contributed by atoms with E-state index in [4.69, 9.17) is 0 Å². The average molecular weight is 413 g/mol. The molecule has 0 unspecified atom stereocenters. The van der Waals surface area contributed by atoms with Gasteiger partial charge in [-0.3, -0.25) is 4.90 Å². The molecule has 2 aliphatic rings. The molecule has 0 aromatic heterocycles. The van der Waals surface area contributed by atoms with Crippen LogP contribution >= 0.6 is 12.4 Å². The first-order chi connectivity index (χ1) is 13.8. The molecular formula is C26H37ClN2. The Morgan fingerprint density at radius 3 is 2.14 bits per heavy atom. The Morgan fingerprint density at radius 1 is 0.793 bits per heavy atom. The minimum Gasteiger partial charge on any atom is -0.369 e. The van der Waals surface area contributed by atoms with Gasteiger partial charge in [0.1, 0.15) is 0 Å².